The van der Waals surface area contributed by atoms with Gasteiger partial charge in [-0.15, -0.1) is 0 Å². The van der Waals surface area contributed by atoms with Crippen LogP contribution in [0, 0.1) is 0 Å². The second-order valence-electron chi connectivity index (χ2n) is 5.60. The van der Waals surface area contributed by atoms with Crippen molar-refractivity contribution in [3.05, 3.63) is 64.7 Å². The van der Waals surface area contributed by atoms with E-state index in [1.807, 2.05) is 42.5 Å². The van der Waals surface area contributed by atoms with Gasteiger partial charge in [0, 0.05) is 11.0 Å². The molecular formula is C19H20N2O4S. The Morgan fingerprint density at radius 2 is 1.62 bits per heavy atom. The van der Waals surface area contributed by atoms with Crippen molar-refractivity contribution in [3.63, 3.8) is 0 Å². The molecule has 7 heteroatoms. The Morgan fingerprint density at radius 1 is 1.00 bits per heavy atom. The molecule has 3 N–H and O–H groups in total. The van der Waals surface area contributed by atoms with Gasteiger partial charge in [0.25, 0.3) is 5.91 Å². The molecule has 0 spiro atoms. The van der Waals surface area contributed by atoms with Crippen molar-refractivity contribution in [2.45, 2.75) is 4.87 Å². The van der Waals surface area contributed by atoms with Crippen LogP contribution in [-0.2, 0) is 9.67 Å². The highest BCUT2D eigenvalue weighted by Crippen LogP contribution is 2.50. The third kappa shape index (κ3) is 2.94. The van der Waals surface area contributed by atoms with E-state index >= 15 is 0 Å². The highest BCUT2D eigenvalue weighted by Gasteiger charge is 2.41. The van der Waals surface area contributed by atoms with E-state index in [0.717, 1.165) is 11.1 Å². The molecule has 0 fully saturated rings. The Hall–Kier alpha value is -2.80. The van der Waals surface area contributed by atoms with Gasteiger partial charge in [0.2, 0.25) is 5.75 Å². The lowest BCUT2D eigenvalue weighted by Gasteiger charge is -2.32. The number of methoxy groups -OCH3 is 3. The summed E-state index contributed by atoms with van der Waals surface area (Å²) in [5, 5.41) is 5.01. The van der Waals surface area contributed by atoms with E-state index in [9.17, 15) is 4.79 Å². The lowest BCUT2D eigenvalue weighted by molar-refractivity contribution is -0.114. The van der Waals surface area contributed by atoms with Crippen LogP contribution in [0.5, 0.6) is 17.2 Å². The maximum Gasteiger partial charge on any atom is 0.265 e. The van der Waals surface area contributed by atoms with Gasteiger partial charge in [-0.3, -0.25) is 4.79 Å². The molecule has 0 radical (unpaired) electrons. The molecule has 1 heterocycles. The molecule has 0 aliphatic carbocycles. The standard InChI is InChI=1S/C19H20N2O4S/c1-23-15-9-13(10-16(24-2)17(15)25-3)19(12-7-5-4-6-8-12)21-14(11-26-19)18(20)22/h4-11,21H,1-3H3,(H2,20,22). The van der Waals surface area contributed by atoms with Crippen molar-refractivity contribution in [1.29, 1.82) is 0 Å². The molecule has 6 nitrogen and oxygen atoms in total. The number of nitrogens with one attached hydrogen (secondary N) is 1. The second-order valence-corrected chi connectivity index (χ2v) is 6.68. The highest BCUT2D eigenvalue weighted by molar-refractivity contribution is 8.03. The summed E-state index contributed by atoms with van der Waals surface area (Å²) in [6.45, 7) is 0. The normalized spacial score (nSPS) is 18.7. The van der Waals surface area contributed by atoms with E-state index in [4.69, 9.17) is 19.9 Å². The molecule has 1 unspecified atom stereocenters. The number of hydrogen-bond acceptors (Lipinski definition) is 6. The topological polar surface area (TPSA) is 82.8 Å². The summed E-state index contributed by atoms with van der Waals surface area (Å²) in [4.78, 5) is 11.0. The number of carbonyl (C=O) groups is 1. The van der Waals surface area contributed by atoms with Crippen LogP contribution in [0.3, 0.4) is 0 Å². The summed E-state index contributed by atoms with van der Waals surface area (Å²) in [7, 11) is 4.69. The number of thioether (sulfide) groups is 1. The Balaban J connectivity index is 2.20. The summed E-state index contributed by atoms with van der Waals surface area (Å²) in [6.07, 6.45) is 0. The van der Waals surface area contributed by atoms with Crippen LogP contribution >= 0.6 is 11.8 Å². The van der Waals surface area contributed by atoms with E-state index in [1.54, 1.807) is 26.7 Å². The third-order valence-corrected chi connectivity index (χ3v) is 5.46. The van der Waals surface area contributed by atoms with Crippen molar-refractivity contribution < 1.29 is 19.0 Å². The zero-order valence-electron chi connectivity index (χ0n) is 14.7. The molecule has 3 rings (SSSR count). The first-order valence-electron chi connectivity index (χ1n) is 7.87. The van der Waals surface area contributed by atoms with Gasteiger partial charge in [0.05, 0.1) is 21.3 Å². The molecule has 1 aliphatic rings. The van der Waals surface area contributed by atoms with Crippen LogP contribution in [0.4, 0.5) is 0 Å². The Kier molecular flexibility index (Phi) is 4.99. The minimum atomic E-state index is -0.738. The summed E-state index contributed by atoms with van der Waals surface area (Å²) < 4.78 is 16.4. The lowest BCUT2D eigenvalue weighted by Crippen LogP contribution is -2.39. The molecular weight excluding hydrogens is 352 g/mol. The van der Waals surface area contributed by atoms with Crippen LogP contribution in [0.25, 0.3) is 0 Å². The minimum absolute atomic E-state index is 0.354. The lowest BCUT2D eigenvalue weighted by atomic mass is 9.96. The molecule has 2 aromatic rings. The summed E-state index contributed by atoms with van der Waals surface area (Å²) in [6, 6.07) is 13.5. The van der Waals surface area contributed by atoms with Crippen LogP contribution in [-0.4, -0.2) is 27.2 Å². The largest absolute Gasteiger partial charge is 0.493 e. The van der Waals surface area contributed by atoms with Gasteiger partial charge in [-0.1, -0.05) is 42.1 Å². The molecule has 0 saturated carbocycles. The van der Waals surface area contributed by atoms with Crippen molar-refractivity contribution in [2.75, 3.05) is 21.3 Å². The molecule has 26 heavy (non-hydrogen) atoms. The molecule has 1 atom stereocenters. The SMILES string of the molecule is COc1cc(C2(c3ccccc3)NC(C(N)=O)=CS2)cc(OC)c1OC. The zero-order chi connectivity index (χ0) is 18.7. The number of rotatable bonds is 6. The van der Waals surface area contributed by atoms with Gasteiger partial charge >= 0.3 is 0 Å². The van der Waals surface area contributed by atoms with E-state index in [-0.39, 0.29) is 0 Å². The van der Waals surface area contributed by atoms with Gasteiger partial charge in [-0.2, -0.15) is 0 Å². The zero-order valence-corrected chi connectivity index (χ0v) is 15.6. The van der Waals surface area contributed by atoms with Crippen molar-refractivity contribution in [1.82, 2.24) is 5.32 Å². The fraction of sp³-hybridized carbons (Fsp3) is 0.211. The van der Waals surface area contributed by atoms with Gasteiger partial charge in [-0.25, -0.2) is 0 Å². The first-order chi connectivity index (χ1) is 12.6. The van der Waals surface area contributed by atoms with Crippen molar-refractivity contribution in [3.8, 4) is 17.2 Å². The minimum Gasteiger partial charge on any atom is -0.493 e. The number of amides is 1. The smallest absolute Gasteiger partial charge is 0.265 e. The van der Waals surface area contributed by atoms with E-state index in [0.29, 0.717) is 22.9 Å². The van der Waals surface area contributed by atoms with Gasteiger partial charge < -0.3 is 25.3 Å². The number of nitrogens with two attached hydrogens (primary N) is 1. The summed E-state index contributed by atoms with van der Waals surface area (Å²) in [5.74, 6) is 1.06. The molecule has 0 bridgehead atoms. The second kappa shape index (κ2) is 7.21. The van der Waals surface area contributed by atoms with Gasteiger partial charge in [0.15, 0.2) is 11.5 Å². The number of hydrogen-bond donors (Lipinski definition) is 2. The molecule has 136 valence electrons. The molecule has 0 saturated heterocycles. The Labute approximate surface area is 156 Å². The van der Waals surface area contributed by atoms with Crippen LogP contribution in [0.15, 0.2) is 53.6 Å². The third-order valence-electron chi connectivity index (χ3n) is 4.18. The average Bonchev–Trinajstić information content (AvgIpc) is 3.14. The predicted molar refractivity (Wildman–Crippen MR) is 101 cm³/mol. The monoisotopic (exact) mass is 372 g/mol. The van der Waals surface area contributed by atoms with E-state index in [2.05, 4.69) is 5.32 Å². The van der Waals surface area contributed by atoms with Crippen molar-refractivity contribution in [2.24, 2.45) is 5.73 Å². The van der Waals surface area contributed by atoms with E-state index in [1.165, 1.54) is 11.8 Å². The molecule has 0 aromatic heterocycles. The molecule has 1 aliphatic heterocycles. The first-order valence-corrected chi connectivity index (χ1v) is 8.75. The maximum absolute atomic E-state index is 11.7. The number of primary amides is 1. The number of ether oxygens (including phenoxy) is 3. The maximum atomic E-state index is 11.7. The molecule has 2 aromatic carbocycles. The van der Waals surface area contributed by atoms with Crippen molar-refractivity contribution >= 4 is 17.7 Å². The van der Waals surface area contributed by atoms with Crippen LogP contribution < -0.4 is 25.3 Å². The Morgan fingerprint density at radius 3 is 2.08 bits per heavy atom. The highest BCUT2D eigenvalue weighted by atomic mass is 32.2. The average molecular weight is 372 g/mol. The predicted octanol–water partition coefficient (Wildman–Crippen LogP) is 2.58. The van der Waals surface area contributed by atoms with Gasteiger partial charge in [0.1, 0.15) is 10.6 Å². The summed E-state index contributed by atoms with van der Waals surface area (Å²) in [5.41, 5.74) is 7.64. The van der Waals surface area contributed by atoms with Gasteiger partial charge in [-0.05, 0) is 17.7 Å². The first kappa shape index (κ1) is 18.0. The quantitative estimate of drug-likeness (QED) is 0.811. The molecule has 1 amide bonds. The fourth-order valence-electron chi connectivity index (χ4n) is 2.92. The fourth-order valence-corrected chi connectivity index (χ4v) is 4.08. The number of benzene rings is 2. The van der Waals surface area contributed by atoms with Crippen LogP contribution in [0.1, 0.15) is 11.1 Å². The number of carbonyl (C=O) groups excluding carboxylic acids is 1. The van der Waals surface area contributed by atoms with E-state index < -0.39 is 10.8 Å². The summed E-state index contributed by atoms with van der Waals surface area (Å²) >= 11 is 1.46. The Bertz CT molecular complexity index is 829. The van der Waals surface area contributed by atoms with Crippen LogP contribution in [0.2, 0.25) is 0 Å².